The Morgan fingerprint density at radius 3 is 3.24 bits per heavy atom. The number of amides is 1. The summed E-state index contributed by atoms with van der Waals surface area (Å²) in [5.41, 5.74) is 1.00. The first-order valence-electron chi connectivity index (χ1n) is 5.72. The summed E-state index contributed by atoms with van der Waals surface area (Å²) in [6, 6.07) is 3.65. The van der Waals surface area contributed by atoms with Crippen LogP contribution in [0.25, 0.3) is 0 Å². The Labute approximate surface area is 101 Å². The fourth-order valence-electron chi connectivity index (χ4n) is 1.90. The Hall–Kier alpha value is -1.46. The third-order valence-electron chi connectivity index (χ3n) is 2.93. The summed E-state index contributed by atoms with van der Waals surface area (Å²) in [6.45, 7) is 1.25. The largest absolute Gasteiger partial charge is 0.380 e. The van der Waals surface area contributed by atoms with Crippen LogP contribution in [0.15, 0.2) is 24.5 Å². The highest BCUT2D eigenvalue weighted by molar-refractivity contribution is 5.82. The van der Waals surface area contributed by atoms with Crippen molar-refractivity contribution in [3.05, 3.63) is 30.1 Å². The number of hydrogen-bond acceptors (Lipinski definition) is 4. The molecule has 92 valence electrons. The number of nitrogens with zero attached hydrogens (tertiary/aromatic N) is 1. The van der Waals surface area contributed by atoms with Crippen LogP contribution in [0, 0.1) is 0 Å². The molecule has 2 rings (SSSR count). The number of nitrogens with one attached hydrogen (secondary N) is 2. The Bertz CT molecular complexity index is 369. The van der Waals surface area contributed by atoms with Gasteiger partial charge in [-0.3, -0.25) is 9.78 Å². The van der Waals surface area contributed by atoms with Gasteiger partial charge in [-0.1, -0.05) is 6.07 Å². The van der Waals surface area contributed by atoms with Crippen molar-refractivity contribution in [1.29, 1.82) is 0 Å². The minimum absolute atomic E-state index is 0.0217. The van der Waals surface area contributed by atoms with Crippen LogP contribution in [-0.2, 0) is 16.1 Å². The third-order valence-corrected chi connectivity index (χ3v) is 2.93. The van der Waals surface area contributed by atoms with Gasteiger partial charge in [-0.25, -0.2) is 0 Å². The van der Waals surface area contributed by atoms with Crippen molar-refractivity contribution in [3.8, 4) is 0 Å². The van der Waals surface area contributed by atoms with Crippen LogP contribution >= 0.6 is 0 Å². The molecule has 5 heteroatoms. The van der Waals surface area contributed by atoms with E-state index in [1.54, 1.807) is 19.5 Å². The van der Waals surface area contributed by atoms with Crippen LogP contribution in [0.5, 0.6) is 0 Å². The molecule has 2 N–H and O–H groups in total. The van der Waals surface area contributed by atoms with Crippen molar-refractivity contribution >= 4 is 5.91 Å². The molecule has 5 nitrogen and oxygen atoms in total. The van der Waals surface area contributed by atoms with Crippen LogP contribution in [0.2, 0.25) is 0 Å². The number of carbonyl (C=O) groups excluding carboxylic acids is 1. The van der Waals surface area contributed by atoms with E-state index in [4.69, 9.17) is 4.74 Å². The van der Waals surface area contributed by atoms with Crippen LogP contribution in [0.3, 0.4) is 0 Å². The Balaban J connectivity index is 1.78. The summed E-state index contributed by atoms with van der Waals surface area (Å²) in [4.78, 5) is 15.8. The van der Waals surface area contributed by atoms with Gasteiger partial charge in [0.1, 0.15) is 0 Å². The van der Waals surface area contributed by atoms with Gasteiger partial charge in [-0.05, 0) is 18.1 Å². The molecule has 1 aliphatic rings. The van der Waals surface area contributed by atoms with Gasteiger partial charge in [-0.15, -0.1) is 0 Å². The zero-order chi connectivity index (χ0) is 12.1. The van der Waals surface area contributed by atoms with E-state index in [1.165, 1.54) is 0 Å². The van der Waals surface area contributed by atoms with Gasteiger partial charge in [0.25, 0.3) is 0 Å². The molecular formula is C12H17N3O2. The second-order valence-electron chi connectivity index (χ2n) is 4.13. The molecule has 2 atom stereocenters. The van der Waals surface area contributed by atoms with Gasteiger partial charge in [0.2, 0.25) is 5.91 Å². The van der Waals surface area contributed by atoms with Crippen molar-refractivity contribution in [2.45, 2.75) is 25.1 Å². The van der Waals surface area contributed by atoms with E-state index in [-0.39, 0.29) is 18.1 Å². The zero-order valence-electron chi connectivity index (χ0n) is 9.85. The first-order chi connectivity index (χ1) is 8.29. The van der Waals surface area contributed by atoms with Gasteiger partial charge < -0.3 is 15.4 Å². The highest BCUT2D eigenvalue weighted by Gasteiger charge is 2.28. The van der Waals surface area contributed by atoms with Crippen molar-refractivity contribution in [2.24, 2.45) is 0 Å². The normalized spacial score (nSPS) is 23.6. The molecule has 0 aliphatic carbocycles. The van der Waals surface area contributed by atoms with Gasteiger partial charge >= 0.3 is 0 Å². The number of ether oxygens (including phenoxy) is 1. The van der Waals surface area contributed by atoms with Crippen molar-refractivity contribution in [1.82, 2.24) is 15.6 Å². The average molecular weight is 235 g/mol. The Kier molecular flexibility index (Phi) is 4.06. The lowest BCUT2D eigenvalue weighted by atomic mass is 10.2. The van der Waals surface area contributed by atoms with Crippen LogP contribution in [-0.4, -0.2) is 36.7 Å². The molecule has 0 aromatic carbocycles. The second-order valence-corrected chi connectivity index (χ2v) is 4.13. The number of hydrogen-bond donors (Lipinski definition) is 2. The maximum absolute atomic E-state index is 11.8. The average Bonchev–Trinajstić information content (AvgIpc) is 2.86. The highest BCUT2D eigenvalue weighted by atomic mass is 16.5. The van der Waals surface area contributed by atoms with Gasteiger partial charge in [0.05, 0.1) is 12.1 Å². The molecule has 1 saturated heterocycles. The van der Waals surface area contributed by atoms with Gasteiger partial charge in [0.15, 0.2) is 0 Å². The molecule has 0 bridgehead atoms. The number of pyridine rings is 1. The predicted octanol–water partition coefficient (Wildman–Crippen LogP) is 0.0747. The van der Waals surface area contributed by atoms with E-state index < -0.39 is 0 Å². The summed E-state index contributed by atoms with van der Waals surface area (Å²) < 4.78 is 5.20. The summed E-state index contributed by atoms with van der Waals surface area (Å²) in [5.74, 6) is 0.0217. The topological polar surface area (TPSA) is 63.2 Å². The molecular weight excluding hydrogens is 218 g/mol. The SMILES string of the molecule is COC1CNC(C(=O)NCc2cccnc2)C1. The molecule has 1 aromatic heterocycles. The maximum atomic E-state index is 11.8. The molecule has 0 saturated carbocycles. The van der Waals surface area contributed by atoms with Crippen molar-refractivity contribution < 1.29 is 9.53 Å². The molecule has 0 spiro atoms. The molecule has 0 radical (unpaired) electrons. The molecule has 2 heterocycles. The van der Waals surface area contributed by atoms with E-state index in [0.717, 1.165) is 18.5 Å². The highest BCUT2D eigenvalue weighted by Crippen LogP contribution is 2.09. The molecule has 1 aromatic rings. The van der Waals surface area contributed by atoms with E-state index in [0.29, 0.717) is 6.54 Å². The number of carbonyl (C=O) groups is 1. The molecule has 1 amide bonds. The Morgan fingerprint density at radius 1 is 1.71 bits per heavy atom. The number of methoxy groups -OCH3 is 1. The van der Waals surface area contributed by atoms with E-state index in [1.807, 2.05) is 12.1 Å². The minimum Gasteiger partial charge on any atom is -0.380 e. The van der Waals surface area contributed by atoms with Crippen molar-refractivity contribution in [3.63, 3.8) is 0 Å². The summed E-state index contributed by atoms with van der Waals surface area (Å²) >= 11 is 0. The maximum Gasteiger partial charge on any atom is 0.237 e. The lowest BCUT2D eigenvalue weighted by molar-refractivity contribution is -0.123. The summed E-state index contributed by atoms with van der Waals surface area (Å²) in [6.07, 6.45) is 4.34. The minimum atomic E-state index is -0.142. The zero-order valence-corrected chi connectivity index (χ0v) is 9.85. The fourth-order valence-corrected chi connectivity index (χ4v) is 1.90. The van der Waals surface area contributed by atoms with Crippen LogP contribution in [0.1, 0.15) is 12.0 Å². The summed E-state index contributed by atoms with van der Waals surface area (Å²) in [7, 11) is 1.67. The lowest BCUT2D eigenvalue weighted by Crippen LogP contribution is -2.40. The Morgan fingerprint density at radius 2 is 2.59 bits per heavy atom. The van der Waals surface area contributed by atoms with E-state index in [9.17, 15) is 4.79 Å². The molecule has 2 unspecified atom stereocenters. The van der Waals surface area contributed by atoms with E-state index >= 15 is 0 Å². The van der Waals surface area contributed by atoms with Crippen molar-refractivity contribution in [2.75, 3.05) is 13.7 Å². The molecule has 17 heavy (non-hydrogen) atoms. The van der Waals surface area contributed by atoms with Crippen LogP contribution < -0.4 is 10.6 Å². The first kappa shape index (κ1) is 12.0. The first-order valence-corrected chi connectivity index (χ1v) is 5.72. The number of rotatable bonds is 4. The third kappa shape index (κ3) is 3.25. The smallest absolute Gasteiger partial charge is 0.237 e. The standard InChI is InChI=1S/C12H17N3O2/c1-17-10-5-11(14-8-10)12(16)15-7-9-3-2-4-13-6-9/h2-4,6,10-11,14H,5,7-8H2,1H3,(H,15,16). The quantitative estimate of drug-likeness (QED) is 0.775. The summed E-state index contributed by atoms with van der Waals surface area (Å²) in [5, 5.41) is 6.03. The van der Waals surface area contributed by atoms with Gasteiger partial charge in [-0.2, -0.15) is 0 Å². The fraction of sp³-hybridized carbons (Fsp3) is 0.500. The van der Waals surface area contributed by atoms with E-state index in [2.05, 4.69) is 15.6 Å². The van der Waals surface area contributed by atoms with Gasteiger partial charge in [0, 0.05) is 32.6 Å². The number of aromatic nitrogens is 1. The second kappa shape index (κ2) is 5.75. The monoisotopic (exact) mass is 235 g/mol. The lowest BCUT2D eigenvalue weighted by Gasteiger charge is -2.11. The van der Waals surface area contributed by atoms with Crippen LogP contribution in [0.4, 0.5) is 0 Å². The molecule has 1 fully saturated rings. The molecule has 1 aliphatic heterocycles. The predicted molar refractivity (Wildman–Crippen MR) is 63.3 cm³/mol.